The normalized spacial score (nSPS) is 11.2. The second-order valence-corrected chi connectivity index (χ2v) is 9.20. The SMILES string of the molecule is COc1cccc(N(CCCC(=O)Nc2nnc(SC)s2)S(C)(=O)=O)c1. The number of sulfonamides is 1. The molecular weight excluding hydrogens is 396 g/mol. The Labute approximate surface area is 161 Å². The summed E-state index contributed by atoms with van der Waals surface area (Å²) < 4.78 is 31.4. The molecule has 0 bridgehead atoms. The van der Waals surface area contributed by atoms with Crippen molar-refractivity contribution in [3.05, 3.63) is 24.3 Å². The maximum Gasteiger partial charge on any atom is 0.232 e. The lowest BCUT2D eigenvalue weighted by atomic mass is 10.2. The van der Waals surface area contributed by atoms with Gasteiger partial charge in [0.05, 0.1) is 19.1 Å². The van der Waals surface area contributed by atoms with Crippen LogP contribution in [0, 0.1) is 0 Å². The van der Waals surface area contributed by atoms with E-state index < -0.39 is 10.0 Å². The minimum absolute atomic E-state index is 0.171. The van der Waals surface area contributed by atoms with E-state index >= 15 is 0 Å². The first-order chi connectivity index (χ1) is 12.3. The predicted molar refractivity (Wildman–Crippen MR) is 105 cm³/mol. The highest BCUT2D eigenvalue weighted by Gasteiger charge is 2.18. The molecule has 0 fully saturated rings. The van der Waals surface area contributed by atoms with E-state index in [0.717, 1.165) is 10.6 Å². The predicted octanol–water partition coefficient (Wildman–Crippen LogP) is 2.45. The maximum atomic E-state index is 12.1. The van der Waals surface area contributed by atoms with Crippen molar-refractivity contribution >= 4 is 49.8 Å². The molecule has 1 heterocycles. The van der Waals surface area contributed by atoms with E-state index in [-0.39, 0.29) is 18.9 Å². The number of carbonyl (C=O) groups excluding carboxylic acids is 1. The summed E-state index contributed by atoms with van der Waals surface area (Å²) in [4.78, 5) is 12.0. The first-order valence-corrected chi connectivity index (χ1v) is 11.5. The van der Waals surface area contributed by atoms with Gasteiger partial charge in [-0.05, 0) is 24.8 Å². The summed E-state index contributed by atoms with van der Waals surface area (Å²) in [6.45, 7) is 0.186. The van der Waals surface area contributed by atoms with Gasteiger partial charge in [0.25, 0.3) is 0 Å². The maximum absolute atomic E-state index is 12.1. The van der Waals surface area contributed by atoms with Crippen LogP contribution in [0.5, 0.6) is 5.75 Å². The van der Waals surface area contributed by atoms with Gasteiger partial charge in [-0.25, -0.2) is 8.42 Å². The molecule has 0 aliphatic rings. The summed E-state index contributed by atoms with van der Waals surface area (Å²) in [7, 11) is -1.96. The number of hydrogen-bond donors (Lipinski definition) is 1. The molecule has 11 heteroatoms. The molecule has 0 atom stereocenters. The fourth-order valence-electron chi connectivity index (χ4n) is 2.16. The first kappa shape index (κ1) is 20.5. The van der Waals surface area contributed by atoms with Gasteiger partial charge in [-0.15, -0.1) is 10.2 Å². The van der Waals surface area contributed by atoms with Crippen LogP contribution in [0.3, 0.4) is 0 Å². The van der Waals surface area contributed by atoms with Crippen LogP contribution < -0.4 is 14.4 Å². The molecule has 1 amide bonds. The van der Waals surface area contributed by atoms with Crippen molar-refractivity contribution in [1.82, 2.24) is 10.2 Å². The minimum Gasteiger partial charge on any atom is -0.497 e. The molecule has 2 rings (SSSR count). The molecule has 1 aromatic heterocycles. The van der Waals surface area contributed by atoms with Crippen molar-refractivity contribution in [3.63, 3.8) is 0 Å². The van der Waals surface area contributed by atoms with E-state index in [2.05, 4.69) is 15.5 Å². The minimum atomic E-state index is -3.48. The number of methoxy groups -OCH3 is 1. The standard InChI is InChI=1S/C15H20N4O4S3/c1-23-12-7-4-6-11(10-12)19(26(3,21)22)9-5-8-13(20)16-14-17-18-15(24-2)25-14/h4,6-7,10H,5,8-9H2,1-3H3,(H,16,17,20). The summed E-state index contributed by atoms with van der Waals surface area (Å²) in [6, 6.07) is 6.79. The number of nitrogens with zero attached hydrogens (tertiary/aromatic N) is 3. The van der Waals surface area contributed by atoms with Crippen LogP contribution in [0.2, 0.25) is 0 Å². The fourth-order valence-corrected chi connectivity index (χ4v) is 4.30. The molecule has 142 valence electrons. The second-order valence-electron chi connectivity index (χ2n) is 5.27. The topological polar surface area (TPSA) is 101 Å². The van der Waals surface area contributed by atoms with Crippen molar-refractivity contribution in [3.8, 4) is 5.75 Å². The van der Waals surface area contributed by atoms with Crippen LogP contribution in [-0.4, -0.2) is 50.7 Å². The summed E-state index contributed by atoms with van der Waals surface area (Å²) in [5, 5.41) is 10.9. The molecule has 2 aromatic rings. The van der Waals surface area contributed by atoms with Gasteiger partial charge in [-0.1, -0.05) is 29.2 Å². The van der Waals surface area contributed by atoms with Gasteiger partial charge in [-0.3, -0.25) is 9.10 Å². The molecule has 0 saturated heterocycles. The Hall–Kier alpha value is -1.85. The lowest BCUT2D eigenvalue weighted by molar-refractivity contribution is -0.116. The third-order valence-electron chi connectivity index (χ3n) is 3.33. The number of carbonyl (C=O) groups is 1. The zero-order valence-corrected chi connectivity index (χ0v) is 17.1. The lowest BCUT2D eigenvalue weighted by Crippen LogP contribution is -2.31. The van der Waals surface area contributed by atoms with Gasteiger partial charge in [0, 0.05) is 19.0 Å². The molecule has 0 spiro atoms. The van der Waals surface area contributed by atoms with Crippen LogP contribution in [0.25, 0.3) is 0 Å². The highest BCUT2D eigenvalue weighted by molar-refractivity contribution is 8.00. The van der Waals surface area contributed by atoms with E-state index in [9.17, 15) is 13.2 Å². The zero-order valence-electron chi connectivity index (χ0n) is 14.6. The third-order valence-corrected chi connectivity index (χ3v) is 6.34. The summed E-state index contributed by atoms with van der Waals surface area (Å²) >= 11 is 2.75. The number of ether oxygens (including phenoxy) is 1. The Morgan fingerprint density at radius 2 is 2.15 bits per heavy atom. The van der Waals surface area contributed by atoms with Crippen LogP contribution >= 0.6 is 23.1 Å². The summed E-state index contributed by atoms with van der Waals surface area (Å²) in [6.07, 6.45) is 3.55. The number of rotatable bonds is 9. The number of anilines is 2. The van der Waals surface area contributed by atoms with Crippen molar-refractivity contribution in [2.24, 2.45) is 0 Å². The average Bonchev–Trinajstić information content (AvgIpc) is 3.05. The third kappa shape index (κ3) is 5.85. The molecule has 0 radical (unpaired) electrons. The lowest BCUT2D eigenvalue weighted by Gasteiger charge is -2.22. The molecule has 0 aliphatic carbocycles. The smallest absolute Gasteiger partial charge is 0.232 e. The van der Waals surface area contributed by atoms with Crippen LogP contribution in [0.4, 0.5) is 10.8 Å². The van der Waals surface area contributed by atoms with Crippen molar-refractivity contribution in [1.29, 1.82) is 0 Å². The Kier molecular flexibility index (Phi) is 7.23. The highest BCUT2D eigenvalue weighted by atomic mass is 32.2. The van der Waals surface area contributed by atoms with Crippen LogP contribution in [-0.2, 0) is 14.8 Å². The largest absolute Gasteiger partial charge is 0.497 e. The number of nitrogens with one attached hydrogen (secondary N) is 1. The second kappa shape index (κ2) is 9.19. The van der Waals surface area contributed by atoms with Crippen molar-refractivity contribution in [2.75, 3.05) is 35.8 Å². The number of hydrogen-bond acceptors (Lipinski definition) is 8. The monoisotopic (exact) mass is 416 g/mol. The van der Waals surface area contributed by atoms with E-state index in [1.165, 1.54) is 34.5 Å². The molecule has 0 saturated carbocycles. The van der Waals surface area contributed by atoms with Crippen molar-refractivity contribution < 1.29 is 17.9 Å². The molecule has 1 N–H and O–H groups in total. The number of amides is 1. The Morgan fingerprint density at radius 3 is 2.77 bits per heavy atom. The van der Waals surface area contributed by atoms with Crippen molar-refractivity contribution in [2.45, 2.75) is 17.2 Å². The van der Waals surface area contributed by atoms with E-state index in [1.807, 2.05) is 6.26 Å². The Morgan fingerprint density at radius 1 is 1.38 bits per heavy atom. The Bertz CT molecular complexity index is 854. The van der Waals surface area contributed by atoms with E-state index in [0.29, 0.717) is 23.0 Å². The van der Waals surface area contributed by atoms with Gasteiger partial charge in [0.1, 0.15) is 5.75 Å². The number of aromatic nitrogens is 2. The summed E-state index contributed by atoms with van der Waals surface area (Å²) in [5.74, 6) is 0.336. The quantitative estimate of drug-likeness (QED) is 0.495. The molecule has 0 aliphatic heterocycles. The van der Waals surface area contributed by atoms with Crippen LogP contribution in [0.1, 0.15) is 12.8 Å². The molecule has 8 nitrogen and oxygen atoms in total. The van der Waals surface area contributed by atoms with Crippen LogP contribution in [0.15, 0.2) is 28.6 Å². The Balaban J connectivity index is 1.96. The molecule has 0 unspecified atom stereocenters. The number of thioether (sulfide) groups is 1. The van der Waals surface area contributed by atoms with Gasteiger partial charge in [0.2, 0.25) is 21.1 Å². The molecule has 1 aromatic carbocycles. The van der Waals surface area contributed by atoms with Gasteiger partial charge >= 0.3 is 0 Å². The number of benzene rings is 1. The van der Waals surface area contributed by atoms with Gasteiger partial charge < -0.3 is 10.1 Å². The van der Waals surface area contributed by atoms with Gasteiger partial charge in [0.15, 0.2) is 4.34 Å². The summed E-state index contributed by atoms with van der Waals surface area (Å²) in [5.41, 5.74) is 0.501. The van der Waals surface area contributed by atoms with E-state index in [1.54, 1.807) is 24.3 Å². The zero-order chi connectivity index (χ0) is 19.2. The average molecular weight is 417 g/mol. The first-order valence-electron chi connectivity index (χ1n) is 7.62. The van der Waals surface area contributed by atoms with Gasteiger partial charge in [-0.2, -0.15) is 0 Å². The van der Waals surface area contributed by atoms with E-state index in [4.69, 9.17) is 4.74 Å². The fraction of sp³-hybridized carbons (Fsp3) is 0.400. The molecule has 26 heavy (non-hydrogen) atoms. The highest BCUT2D eigenvalue weighted by Crippen LogP contribution is 2.24. The molecular formula is C15H20N4O4S3.